The number of likely N-dealkylation sites (tertiary alicyclic amines) is 1. The van der Waals surface area contributed by atoms with Gasteiger partial charge < -0.3 is 16.0 Å². The normalized spacial score (nSPS) is 34.8. The highest BCUT2D eigenvalue weighted by molar-refractivity contribution is 5.85. The lowest BCUT2D eigenvalue weighted by Gasteiger charge is -2.45. The van der Waals surface area contributed by atoms with Gasteiger partial charge in [-0.05, 0) is 56.8 Å². The molecule has 0 aromatic rings. The van der Waals surface area contributed by atoms with E-state index in [1.807, 2.05) is 4.90 Å². The van der Waals surface area contributed by atoms with Crippen LogP contribution >= 0.6 is 12.4 Å². The average molecular weight is 372 g/mol. The maximum absolute atomic E-state index is 13.0. The average Bonchev–Trinajstić information content (AvgIpc) is 2.59. The molecule has 2 aliphatic carbocycles. The summed E-state index contributed by atoms with van der Waals surface area (Å²) >= 11 is 0. The minimum absolute atomic E-state index is 0. The van der Waals surface area contributed by atoms with Gasteiger partial charge in [-0.1, -0.05) is 13.3 Å². The van der Waals surface area contributed by atoms with Crippen molar-refractivity contribution in [1.29, 1.82) is 0 Å². The standard InChI is InChI=1S/C19H33N3O2.ClH/c1-2-8-21-18(23)15-7-4-9-22(12-15)19(24)16-10-13-5-3-6-14(11-16)17(13)20;/h13-17H,2-12,20H2,1H3,(H,21,23);1H. The van der Waals surface area contributed by atoms with Gasteiger partial charge in [0, 0.05) is 31.6 Å². The molecule has 3 rings (SSSR count). The van der Waals surface area contributed by atoms with Crippen molar-refractivity contribution < 1.29 is 9.59 Å². The first-order valence-electron chi connectivity index (χ1n) is 9.92. The number of hydrogen-bond acceptors (Lipinski definition) is 3. The summed E-state index contributed by atoms with van der Waals surface area (Å²) in [5, 5.41) is 2.99. The third kappa shape index (κ3) is 4.68. The second-order valence-corrected chi connectivity index (χ2v) is 8.11. The van der Waals surface area contributed by atoms with E-state index in [1.54, 1.807) is 0 Å². The fourth-order valence-electron chi connectivity index (χ4n) is 5.03. The Morgan fingerprint density at radius 3 is 2.40 bits per heavy atom. The summed E-state index contributed by atoms with van der Waals surface area (Å²) in [6.07, 6.45) is 8.35. The molecule has 2 amide bonds. The number of rotatable bonds is 4. The first kappa shape index (κ1) is 20.5. The highest BCUT2D eigenvalue weighted by Gasteiger charge is 2.42. The third-order valence-corrected chi connectivity index (χ3v) is 6.42. The van der Waals surface area contributed by atoms with Crippen LogP contribution in [0.2, 0.25) is 0 Å². The van der Waals surface area contributed by atoms with Crippen LogP contribution in [0.4, 0.5) is 0 Å². The molecule has 5 nitrogen and oxygen atoms in total. The van der Waals surface area contributed by atoms with Gasteiger partial charge >= 0.3 is 0 Å². The number of nitrogens with one attached hydrogen (secondary N) is 1. The van der Waals surface area contributed by atoms with E-state index in [0.717, 1.165) is 45.2 Å². The number of halogens is 1. The lowest BCUT2D eigenvalue weighted by atomic mass is 9.65. The number of hydrogen-bond donors (Lipinski definition) is 2. The summed E-state index contributed by atoms with van der Waals surface area (Å²) < 4.78 is 0. The van der Waals surface area contributed by atoms with Crippen LogP contribution in [0, 0.1) is 23.7 Å². The molecule has 0 aromatic carbocycles. The van der Waals surface area contributed by atoms with Crippen LogP contribution < -0.4 is 11.1 Å². The lowest BCUT2D eigenvalue weighted by Crippen LogP contribution is -2.52. The first-order valence-corrected chi connectivity index (χ1v) is 9.92. The van der Waals surface area contributed by atoms with Crippen molar-refractivity contribution >= 4 is 24.2 Å². The fraction of sp³-hybridized carbons (Fsp3) is 0.895. The largest absolute Gasteiger partial charge is 0.356 e. The zero-order valence-electron chi connectivity index (χ0n) is 15.4. The molecule has 0 aromatic heterocycles. The Labute approximate surface area is 157 Å². The van der Waals surface area contributed by atoms with Crippen molar-refractivity contribution in [3.05, 3.63) is 0 Å². The maximum Gasteiger partial charge on any atom is 0.225 e. The van der Waals surface area contributed by atoms with Crippen molar-refractivity contribution in [1.82, 2.24) is 10.2 Å². The molecule has 1 saturated heterocycles. The van der Waals surface area contributed by atoms with E-state index in [0.29, 0.717) is 24.4 Å². The van der Waals surface area contributed by atoms with Gasteiger partial charge in [0.15, 0.2) is 0 Å². The summed E-state index contributed by atoms with van der Waals surface area (Å²) in [5.74, 6) is 1.57. The van der Waals surface area contributed by atoms with Crippen LogP contribution in [-0.4, -0.2) is 42.4 Å². The predicted molar refractivity (Wildman–Crippen MR) is 101 cm³/mol. The van der Waals surface area contributed by atoms with Gasteiger partial charge in [0.1, 0.15) is 0 Å². The van der Waals surface area contributed by atoms with Gasteiger partial charge in [0.25, 0.3) is 0 Å². The molecule has 3 atom stereocenters. The monoisotopic (exact) mass is 371 g/mol. The van der Waals surface area contributed by atoms with E-state index in [2.05, 4.69) is 12.2 Å². The molecule has 1 heterocycles. The molecule has 3 unspecified atom stereocenters. The highest BCUT2D eigenvalue weighted by atomic mass is 35.5. The summed E-state index contributed by atoms with van der Waals surface area (Å²) in [6.45, 7) is 4.20. The predicted octanol–water partition coefficient (Wildman–Crippen LogP) is 2.33. The van der Waals surface area contributed by atoms with Crippen molar-refractivity contribution in [2.45, 2.75) is 64.3 Å². The van der Waals surface area contributed by atoms with Gasteiger partial charge in [0.05, 0.1) is 5.92 Å². The fourth-order valence-corrected chi connectivity index (χ4v) is 5.03. The second kappa shape index (κ2) is 9.22. The van der Waals surface area contributed by atoms with Crippen LogP contribution in [-0.2, 0) is 9.59 Å². The van der Waals surface area contributed by atoms with E-state index in [-0.39, 0.29) is 36.1 Å². The summed E-state index contributed by atoms with van der Waals surface area (Å²) in [7, 11) is 0. The molecule has 0 radical (unpaired) electrons. The number of carbonyl (C=O) groups is 2. The number of fused-ring (bicyclic) bond motifs is 2. The number of nitrogens with zero attached hydrogens (tertiary/aromatic N) is 1. The van der Waals surface area contributed by atoms with Gasteiger partial charge in [-0.3, -0.25) is 9.59 Å². The second-order valence-electron chi connectivity index (χ2n) is 8.11. The maximum atomic E-state index is 13.0. The first-order chi connectivity index (χ1) is 11.6. The quantitative estimate of drug-likeness (QED) is 0.796. The van der Waals surface area contributed by atoms with Gasteiger partial charge in [-0.25, -0.2) is 0 Å². The van der Waals surface area contributed by atoms with Gasteiger partial charge in [0.2, 0.25) is 11.8 Å². The molecule has 0 spiro atoms. The Bertz CT molecular complexity index is 460. The van der Waals surface area contributed by atoms with E-state index in [4.69, 9.17) is 5.73 Å². The Morgan fingerprint density at radius 1 is 1.08 bits per heavy atom. The number of nitrogens with two attached hydrogens (primary N) is 1. The van der Waals surface area contributed by atoms with Crippen LogP contribution in [0.25, 0.3) is 0 Å². The molecule has 3 N–H and O–H groups in total. The summed E-state index contributed by atoms with van der Waals surface area (Å²) in [5.41, 5.74) is 6.36. The van der Waals surface area contributed by atoms with Crippen molar-refractivity contribution in [3.63, 3.8) is 0 Å². The van der Waals surface area contributed by atoms with E-state index < -0.39 is 0 Å². The van der Waals surface area contributed by atoms with Crippen LogP contribution in [0.1, 0.15) is 58.3 Å². The third-order valence-electron chi connectivity index (χ3n) is 6.42. The number of carbonyl (C=O) groups excluding carboxylic acids is 2. The van der Waals surface area contributed by atoms with E-state index in [9.17, 15) is 9.59 Å². The summed E-state index contributed by atoms with van der Waals surface area (Å²) in [6, 6.07) is 0.303. The Kier molecular flexibility index (Phi) is 7.56. The molecule has 3 fully saturated rings. The van der Waals surface area contributed by atoms with Crippen molar-refractivity contribution in [2.75, 3.05) is 19.6 Å². The van der Waals surface area contributed by atoms with Crippen molar-refractivity contribution in [3.8, 4) is 0 Å². The van der Waals surface area contributed by atoms with Gasteiger partial charge in [-0.15, -0.1) is 12.4 Å². The minimum atomic E-state index is -0.0282. The molecule has 2 bridgehead atoms. The summed E-state index contributed by atoms with van der Waals surface area (Å²) in [4.78, 5) is 27.2. The molecule has 3 aliphatic rings. The molecule has 144 valence electrons. The number of amides is 2. The van der Waals surface area contributed by atoms with E-state index >= 15 is 0 Å². The molecular weight excluding hydrogens is 338 g/mol. The molecule has 25 heavy (non-hydrogen) atoms. The SMILES string of the molecule is CCCNC(=O)C1CCCN(C(=O)C2CC3CCCC(C2)C3N)C1.Cl. The topological polar surface area (TPSA) is 75.4 Å². The van der Waals surface area contributed by atoms with Crippen molar-refractivity contribution in [2.24, 2.45) is 29.4 Å². The van der Waals surface area contributed by atoms with E-state index in [1.165, 1.54) is 19.3 Å². The zero-order valence-corrected chi connectivity index (χ0v) is 16.2. The Morgan fingerprint density at radius 2 is 1.76 bits per heavy atom. The zero-order chi connectivity index (χ0) is 17.1. The number of piperidine rings is 1. The highest BCUT2D eigenvalue weighted by Crippen LogP contribution is 2.42. The van der Waals surface area contributed by atoms with Crippen LogP contribution in [0.15, 0.2) is 0 Å². The molecule has 2 saturated carbocycles. The Hall–Kier alpha value is -0.810. The van der Waals surface area contributed by atoms with Crippen LogP contribution in [0.3, 0.4) is 0 Å². The smallest absolute Gasteiger partial charge is 0.225 e. The van der Waals surface area contributed by atoms with Crippen LogP contribution in [0.5, 0.6) is 0 Å². The lowest BCUT2D eigenvalue weighted by molar-refractivity contribution is -0.142. The van der Waals surface area contributed by atoms with Gasteiger partial charge in [-0.2, -0.15) is 0 Å². The molecular formula is C19H34ClN3O2. The Balaban J connectivity index is 0.00000225. The minimum Gasteiger partial charge on any atom is -0.356 e. The molecule has 1 aliphatic heterocycles. The molecule has 6 heteroatoms.